The SMILES string of the molecule is C=C(F)C(=O)OC(OCCC(F)(F)C(F)(F)S(=O)(=O)O)(C(=O)N1CCOCC1)C(F)(F)F. The number of nitrogens with zero attached hydrogens (tertiary/aromatic N) is 1. The summed E-state index contributed by atoms with van der Waals surface area (Å²) in [4.78, 5) is 24.2. The maximum absolute atomic E-state index is 13.7. The summed E-state index contributed by atoms with van der Waals surface area (Å²) >= 11 is 0. The zero-order valence-corrected chi connectivity index (χ0v) is 16.5. The van der Waals surface area contributed by atoms with Crippen molar-refractivity contribution in [3.63, 3.8) is 0 Å². The molecule has 0 saturated carbocycles. The molecule has 0 aliphatic carbocycles. The van der Waals surface area contributed by atoms with Gasteiger partial charge in [-0.3, -0.25) is 9.35 Å². The van der Waals surface area contributed by atoms with Crippen molar-refractivity contribution in [3.05, 3.63) is 12.4 Å². The number of hydrogen-bond acceptors (Lipinski definition) is 7. The van der Waals surface area contributed by atoms with Crippen LogP contribution >= 0.6 is 0 Å². The van der Waals surface area contributed by atoms with Gasteiger partial charge in [0.2, 0.25) is 5.83 Å². The van der Waals surface area contributed by atoms with Crippen LogP contribution in [0.25, 0.3) is 0 Å². The lowest BCUT2D eigenvalue weighted by atomic mass is 10.2. The zero-order valence-electron chi connectivity index (χ0n) is 15.6. The molecule has 1 fully saturated rings. The summed E-state index contributed by atoms with van der Waals surface area (Å²) in [5.74, 6) is -17.3. The van der Waals surface area contributed by atoms with Crippen LogP contribution in [-0.2, 0) is 33.9 Å². The molecule has 32 heavy (non-hydrogen) atoms. The average molecular weight is 509 g/mol. The van der Waals surface area contributed by atoms with Crippen LogP contribution < -0.4 is 0 Å². The van der Waals surface area contributed by atoms with Gasteiger partial charge in [0.25, 0.3) is 0 Å². The number of esters is 1. The molecule has 0 radical (unpaired) electrons. The van der Waals surface area contributed by atoms with Gasteiger partial charge in [0.15, 0.2) is 0 Å². The molecule has 1 aliphatic rings. The minimum atomic E-state index is -6.71. The number of carbonyl (C=O) groups is 2. The monoisotopic (exact) mass is 509 g/mol. The molecule has 1 amide bonds. The third kappa shape index (κ3) is 5.65. The van der Waals surface area contributed by atoms with Crippen molar-refractivity contribution in [2.45, 2.75) is 29.6 Å². The van der Waals surface area contributed by atoms with Crippen LogP contribution in [-0.4, -0.2) is 85.8 Å². The van der Waals surface area contributed by atoms with Gasteiger partial charge in [0.05, 0.1) is 19.8 Å². The van der Waals surface area contributed by atoms with E-state index >= 15 is 0 Å². The first kappa shape index (κ1) is 28.0. The highest BCUT2D eigenvalue weighted by Crippen LogP contribution is 2.42. The van der Waals surface area contributed by atoms with Gasteiger partial charge < -0.3 is 19.1 Å². The maximum Gasteiger partial charge on any atom is 0.466 e. The van der Waals surface area contributed by atoms with Crippen LogP contribution in [0.2, 0.25) is 0 Å². The molecule has 18 heteroatoms. The first-order valence-electron chi connectivity index (χ1n) is 8.18. The molecule has 0 bridgehead atoms. The van der Waals surface area contributed by atoms with Gasteiger partial charge in [0, 0.05) is 19.5 Å². The molecule has 1 atom stereocenters. The number of hydrogen-bond donors (Lipinski definition) is 1. The van der Waals surface area contributed by atoms with Gasteiger partial charge in [-0.1, -0.05) is 6.58 Å². The third-order valence-corrected chi connectivity index (χ3v) is 4.83. The summed E-state index contributed by atoms with van der Waals surface area (Å²) < 4.78 is 149. The Kier molecular flexibility index (Phi) is 8.25. The van der Waals surface area contributed by atoms with Crippen molar-refractivity contribution >= 4 is 22.0 Å². The number of carbonyl (C=O) groups excluding carboxylic acids is 2. The minimum absolute atomic E-state index is 0.303. The normalized spacial score (nSPS) is 18.1. The van der Waals surface area contributed by atoms with Crippen LogP contribution in [0.1, 0.15) is 6.42 Å². The largest absolute Gasteiger partial charge is 0.466 e. The van der Waals surface area contributed by atoms with Gasteiger partial charge in [-0.2, -0.15) is 43.5 Å². The number of rotatable bonds is 9. The standard InChI is InChI=1S/C14H15F8NO8S/c1-8(15)9(24)31-12(13(18,19)20,10(25)23-3-6-29-7-4-23)30-5-2-11(16,17)14(21,22)32(26,27)28/h1-7H2,(H,26,27,28). The Hall–Kier alpha value is -2.05. The van der Waals surface area contributed by atoms with Crippen molar-refractivity contribution in [2.75, 3.05) is 32.9 Å². The van der Waals surface area contributed by atoms with Gasteiger partial charge in [0.1, 0.15) is 0 Å². The number of amides is 1. The summed E-state index contributed by atoms with van der Waals surface area (Å²) in [7, 11) is -6.71. The summed E-state index contributed by atoms with van der Waals surface area (Å²) in [6.45, 7) is -1.50. The second-order valence-corrected chi connectivity index (χ2v) is 7.57. The molecule has 1 aliphatic heterocycles. The number of alkyl halides is 7. The van der Waals surface area contributed by atoms with E-state index in [2.05, 4.69) is 16.1 Å². The van der Waals surface area contributed by atoms with Gasteiger partial charge in [-0.05, 0) is 0 Å². The van der Waals surface area contributed by atoms with Crippen LogP contribution in [0, 0.1) is 0 Å². The molecule has 0 aromatic rings. The predicted molar refractivity (Wildman–Crippen MR) is 84.5 cm³/mol. The Labute approximate surface area is 174 Å². The quantitative estimate of drug-likeness (QED) is 0.164. The Morgan fingerprint density at radius 2 is 1.56 bits per heavy atom. The molecule has 0 spiro atoms. The maximum atomic E-state index is 13.7. The molecule has 1 saturated heterocycles. The fourth-order valence-corrected chi connectivity index (χ4v) is 2.69. The van der Waals surface area contributed by atoms with E-state index in [1.54, 1.807) is 0 Å². The minimum Gasteiger partial charge on any atom is -0.410 e. The molecule has 0 aromatic heterocycles. The first-order valence-corrected chi connectivity index (χ1v) is 9.62. The second-order valence-electron chi connectivity index (χ2n) is 6.11. The Morgan fingerprint density at radius 1 is 1.06 bits per heavy atom. The van der Waals surface area contributed by atoms with Crippen molar-refractivity contribution in [1.29, 1.82) is 0 Å². The Morgan fingerprint density at radius 3 is 1.97 bits per heavy atom. The second kappa shape index (κ2) is 9.44. The van der Waals surface area contributed by atoms with Crippen molar-refractivity contribution in [2.24, 2.45) is 0 Å². The third-order valence-electron chi connectivity index (χ3n) is 3.88. The molecule has 1 rings (SSSR count). The molecule has 186 valence electrons. The Bertz CT molecular complexity index is 840. The van der Waals surface area contributed by atoms with Gasteiger partial charge >= 0.3 is 45.1 Å². The summed E-state index contributed by atoms with van der Waals surface area (Å²) in [6, 6.07) is 0. The lowest BCUT2D eigenvalue weighted by molar-refractivity contribution is -0.353. The van der Waals surface area contributed by atoms with Crippen LogP contribution in [0.15, 0.2) is 12.4 Å². The van der Waals surface area contributed by atoms with Crippen LogP contribution in [0.4, 0.5) is 35.1 Å². The van der Waals surface area contributed by atoms with Crippen molar-refractivity contribution in [1.82, 2.24) is 4.90 Å². The molecule has 1 unspecified atom stereocenters. The van der Waals surface area contributed by atoms with E-state index in [9.17, 15) is 53.1 Å². The lowest BCUT2D eigenvalue weighted by Gasteiger charge is -2.38. The number of ether oxygens (including phenoxy) is 3. The topological polar surface area (TPSA) is 119 Å². The van der Waals surface area contributed by atoms with E-state index in [4.69, 9.17) is 9.29 Å². The van der Waals surface area contributed by atoms with E-state index in [0.717, 1.165) is 0 Å². The number of halogens is 8. The molecular weight excluding hydrogens is 494 g/mol. The predicted octanol–water partition coefficient (Wildman–Crippen LogP) is 1.65. The molecule has 1 heterocycles. The van der Waals surface area contributed by atoms with Crippen molar-refractivity contribution < 1.29 is 71.9 Å². The molecular formula is C14H15F8NO8S. The van der Waals surface area contributed by atoms with E-state index in [1.165, 1.54) is 0 Å². The zero-order chi connectivity index (χ0) is 25.2. The van der Waals surface area contributed by atoms with Crippen LogP contribution in [0.3, 0.4) is 0 Å². The van der Waals surface area contributed by atoms with Crippen molar-refractivity contribution in [3.8, 4) is 0 Å². The fraction of sp³-hybridized carbons (Fsp3) is 0.714. The highest BCUT2D eigenvalue weighted by molar-refractivity contribution is 7.87. The first-order chi connectivity index (χ1) is 14.3. The fourth-order valence-electron chi connectivity index (χ4n) is 2.21. The summed E-state index contributed by atoms with van der Waals surface area (Å²) in [6.07, 6.45) is -8.57. The van der Waals surface area contributed by atoms with E-state index in [1.807, 2.05) is 0 Å². The number of morpholine rings is 1. The van der Waals surface area contributed by atoms with Crippen LogP contribution in [0.5, 0.6) is 0 Å². The molecule has 1 N–H and O–H groups in total. The van der Waals surface area contributed by atoms with E-state index < -0.39 is 77.1 Å². The molecule has 9 nitrogen and oxygen atoms in total. The smallest absolute Gasteiger partial charge is 0.410 e. The summed E-state index contributed by atoms with van der Waals surface area (Å²) in [5.41, 5.74) is 0. The highest BCUT2D eigenvalue weighted by atomic mass is 32.2. The molecule has 0 aromatic carbocycles. The highest BCUT2D eigenvalue weighted by Gasteiger charge is 2.69. The lowest BCUT2D eigenvalue weighted by Crippen LogP contribution is -2.64. The van der Waals surface area contributed by atoms with Gasteiger partial charge in [-0.15, -0.1) is 0 Å². The summed E-state index contributed by atoms with van der Waals surface area (Å²) in [5, 5.41) is -6.15. The van der Waals surface area contributed by atoms with Gasteiger partial charge in [-0.25, -0.2) is 4.79 Å². The average Bonchev–Trinajstić information content (AvgIpc) is 2.64. The van der Waals surface area contributed by atoms with E-state index in [0.29, 0.717) is 4.90 Å². The van der Waals surface area contributed by atoms with E-state index in [-0.39, 0.29) is 13.2 Å². The Balaban J connectivity index is 3.31.